The minimum absolute atomic E-state index is 0.204. The van der Waals surface area contributed by atoms with Crippen LogP contribution >= 0.6 is 0 Å². The molecule has 1 aromatic heterocycles. The van der Waals surface area contributed by atoms with Crippen LogP contribution in [0.3, 0.4) is 0 Å². The van der Waals surface area contributed by atoms with E-state index >= 15 is 0 Å². The maximum atomic E-state index is 12.5. The number of para-hydroxylation sites is 1. The van der Waals surface area contributed by atoms with Gasteiger partial charge in [-0.05, 0) is 45.0 Å². The zero-order chi connectivity index (χ0) is 18.3. The van der Waals surface area contributed by atoms with Gasteiger partial charge in [0.15, 0.2) is 0 Å². The molecule has 6 heteroatoms. The molecule has 1 atom stereocenters. The number of nitrogens with zero attached hydrogens (tertiary/aromatic N) is 1. The number of carbonyl (C=O) groups is 2. The van der Waals surface area contributed by atoms with Gasteiger partial charge in [0.2, 0.25) is 6.10 Å². The Bertz CT molecular complexity index is 696. The predicted molar refractivity (Wildman–Crippen MR) is 93.3 cm³/mol. The van der Waals surface area contributed by atoms with Gasteiger partial charge >= 0.3 is 5.97 Å². The molecule has 0 saturated heterocycles. The van der Waals surface area contributed by atoms with Crippen LogP contribution in [0.5, 0.6) is 5.75 Å². The van der Waals surface area contributed by atoms with E-state index < -0.39 is 17.6 Å². The van der Waals surface area contributed by atoms with Gasteiger partial charge in [-0.3, -0.25) is 9.78 Å². The van der Waals surface area contributed by atoms with Gasteiger partial charge < -0.3 is 14.8 Å². The molecular weight excluding hydrogens is 320 g/mol. The number of hydrogen-bond donors (Lipinski definition) is 1. The van der Waals surface area contributed by atoms with Gasteiger partial charge in [0.25, 0.3) is 5.91 Å². The lowest BCUT2D eigenvalue weighted by atomic mass is 10.1. The number of hydrogen-bond acceptors (Lipinski definition) is 5. The number of aromatic nitrogens is 1. The number of benzene rings is 1. The number of esters is 1. The normalized spacial score (nSPS) is 12.1. The molecule has 0 radical (unpaired) electrons. The SMILES string of the molecule is CC(C)(C)NC(=O)C(COC(=O)c1cccnc1)Oc1ccccc1. The first-order valence-electron chi connectivity index (χ1n) is 7.96. The fourth-order valence-corrected chi connectivity index (χ4v) is 1.99. The van der Waals surface area contributed by atoms with Crippen molar-refractivity contribution in [1.29, 1.82) is 0 Å². The minimum Gasteiger partial charge on any atom is -0.477 e. The summed E-state index contributed by atoms with van der Waals surface area (Å²) < 4.78 is 10.9. The number of carbonyl (C=O) groups excluding carboxylic acids is 2. The van der Waals surface area contributed by atoms with Gasteiger partial charge in [0.05, 0.1) is 5.56 Å². The first-order valence-corrected chi connectivity index (χ1v) is 7.96. The van der Waals surface area contributed by atoms with Crippen LogP contribution in [0.4, 0.5) is 0 Å². The number of rotatable bonds is 6. The summed E-state index contributed by atoms with van der Waals surface area (Å²) in [5.74, 6) is -0.386. The summed E-state index contributed by atoms with van der Waals surface area (Å²) in [6.07, 6.45) is 2.02. The van der Waals surface area contributed by atoms with E-state index in [1.54, 1.807) is 42.6 Å². The molecule has 1 heterocycles. The Kier molecular flexibility index (Phi) is 6.11. The van der Waals surface area contributed by atoms with Gasteiger partial charge in [-0.15, -0.1) is 0 Å². The fraction of sp³-hybridized carbons (Fsp3) is 0.316. The summed E-state index contributed by atoms with van der Waals surface area (Å²) in [5.41, 5.74) is -0.111. The van der Waals surface area contributed by atoms with Crippen molar-refractivity contribution < 1.29 is 19.1 Å². The van der Waals surface area contributed by atoms with Crippen LogP contribution in [-0.4, -0.2) is 35.1 Å². The Balaban J connectivity index is 2.05. The van der Waals surface area contributed by atoms with Crippen LogP contribution in [0.1, 0.15) is 31.1 Å². The van der Waals surface area contributed by atoms with E-state index in [-0.39, 0.29) is 12.5 Å². The summed E-state index contributed by atoms with van der Waals surface area (Å²) in [4.78, 5) is 28.4. The predicted octanol–water partition coefficient (Wildman–Crippen LogP) is 2.60. The van der Waals surface area contributed by atoms with Gasteiger partial charge in [0, 0.05) is 17.9 Å². The van der Waals surface area contributed by atoms with Crippen LogP contribution in [0.25, 0.3) is 0 Å². The summed E-state index contributed by atoms with van der Waals surface area (Å²) in [5, 5.41) is 2.84. The molecule has 2 rings (SSSR count). The molecule has 0 aliphatic rings. The molecule has 1 unspecified atom stereocenters. The molecular formula is C19H22N2O4. The van der Waals surface area contributed by atoms with E-state index in [9.17, 15) is 9.59 Å². The molecule has 1 aromatic carbocycles. The molecule has 0 saturated carbocycles. The minimum atomic E-state index is -0.956. The maximum absolute atomic E-state index is 12.5. The van der Waals surface area contributed by atoms with Crippen LogP contribution in [-0.2, 0) is 9.53 Å². The van der Waals surface area contributed by atoms with Crippen molar-refractivity contribution in [2.75, 3.05) is 6.61 Å². The number of pyridine rings is 1. The fourth-order valence-electron chi connectivity index (χ4n) is 1.99. The monoisotopic (exact) mass is 342 g/mol. The Morgan fingerprint density at radius 2 is 1.84 bits per heavy atom. The Morgan fingerprint density at radius 3 is 2.44 bits per heavy atom. The summed E-state index contributed by atoms with van der Waals surface area (Å²) in [6.45, 7) is 5.40. The molecule has 6 nitrogen and oxygen atoms in total. The number of amides is 1. The van der Waals surface area contributed by atoms with Crippen LogP contribution in [0, 0.1) is 0 Å². The molecule has 0 aliphatic carbocycles. The largest absolute Gasteiger partial charge is 0.477 e. The van der Waals surface area contributed by atoms with Gasteiger partial charge in [-0.25, -0.2) is 4.79 Å². The van der Waals surface area contributed by atoms with Crippen molar-refractivity contribution in [1.82, 2.24) is 10.3 Å². The second kappa shape index (κ2) is 8.28. The lowest BCUT2D eigenvalue weighted by molar-refractivity contribution is -0.131. The zero-order valence-electron chi connectivity index (χ0n) is 14.6. The third kappa shape index (κ3) is 6.25. The van der Waals surface area contributed by atoms with Crippen LogP contribution < -0.4 is 10.1 Å². The van der Waals surface area contributed by atoms with Crippen molar-refractivity contribution in [2.45, 2.75) is 32.4 Å². The highest BCUT2D eigenvalue weighted by atomic mass is 16.6. The Morgan fingerprint density at radius 1 is 1.12 bits per heavy atom. The highest BCUT2D eigenvalue weighted by molar-refractivity contribution is 5.89. The van der Waals surface area contributed by atoms with Crippen molar-refractivity contribution >= 4 is 11.9 Å². The molecule has 132 valence electrons. The first-order chi connectivity index (χ1) is 11.8. The molecule has 1 amide bonds. The Labute approximate surface area is 147 Å². The van der Waals surface area contributed by atoms with Crippen molar-refractivity contribution in [2.24, 2.45) is 0 Å². The second-order valence-corrected chi connectivity index (χ2v) is 6.50. The van der Waals surface area contributed by atoms with E-state index in [1.807, 2.05) is 26.8 Å². The van der Waals surface area contributed by atoms with Gasteiger partial charge in [-0.2, -0.15) is 0 Å². The van der Waals surface area contributed by atoms with E-state index in [2.05, 4.69) is 10.3 Å². The van der Waals surface area contributed by atoms with E-state index in [1.165, 1.54) is 6.20 Å². The molecule has 25 heavy (non-hydrogen) atoms. The molecule has 1 N–H and O–H groups in total. The van der Waals surface area contributed by atoms with Crippen molar-refractivity contribution in [3.63, 3.8) is 0 Å². The smallest absolute Gasteiger partial charge is 0.339 e. The first kappa shape index (κ1) is 18.4. The second-order valence-electron chi connectivity index (χ2n) is 6.50. The van der Waals surface area contributed by atoms with Crippen molar-refractivity contribution in [3.05, 3.63) is 60.4 Å². The Hall–Kier alpha value is -2.89. The highest BCUT2D eigenvalue weighted by Crippen LogP contribution is 2.13. The third-order valence-corrected chi connectivity index (χ3v) is 3.08. The zero-order valence-corrected chi connectivity index (χ0v) is 14.6. The number of ether oxygens (including phenoxy) is 2. The maximum Gasteiger partial charge on any atom is 0.339 e. The van der Waals surface area contributed by atoms with Gasteiger partial charge in [0.1, 0.15) is 12.4 Å². The third-order valence-electron chi connectivity index (χ3n) is 3.08. The van der Waals surface area contributed by atoms with Crippen LogP contribution in [0.2, 0.25) is 0 Å². The molecule has 0 bridgehead atoms. The molecule has 0 aliphatic heterocycles. The summed E-state index contributed by atoms with van der Waals surface area (Å²) in [7, 11) is 0. The molecule has 0 fully saturated rings. The quantitative estimate of drug-likeness (QED) is 0.817. The van der Waals surface area contributed by atoms with Crippen LogP contribution in [0.15, 0.2) is 54.9 Å². The standard InChI is InChI=1S/C19H22N2O4/c1-19(2,3)21-17(22)16(25-15-9-5-4-6-10-15)13-24-18(23)14-8-7-11-20-12-14/h4-12,16H,13H2,1-3H3,(H,21,22). The van der Waals surface area contributed by atoms with E-state index in [0.717, 1.165) is 0 Å². The average Bonchev–Trinajstić information content (AvgIpc) is 2.58. The average molecular weight is 342 g/mol. The lowest BCUT2D eigenvalue weighted by Crippen LogP contribution is -2.49. The van der Waals surface area contributed by atoms with E-state index in [4.69, 9.17) is 9.47 Å². The topological polar surface area (TPSA) is 77.5 Å². The van der Waals surface area contributed by atoms with Crippen molar-refractivity contribution in [3.8, 4) is 5.75 Å². The van der Waals surface area contributed by atoms with Gasteiger partial charge in [-0.1, -0.05) is 18.2 Å². The van der Waals surface area contributed by atoms with E-state index in [0.29, 0.717) is 11.3 Å². The highest BCUT2D eigenvalue weighted by Gasteiger charge is 2.26. The lowest BCUT2D eigenvalue weighted by Gasteiger charge is -2.25. The number of nitrogens with one attached hydrogen (secondary N) is 1. The molecule has 2 aromatic rings. The summed E-state index contributed by atoms with van der Waals surface area (Å²) >= 11 is 0. The molecule has 0 spiro atoms. The summed E-state index contributed by atoms with van der Waals surface area (Å²) in [6, 6.07) is 12.2.